The normalized spacial score (nSPS) is 15.6. The first-order chi connectivity index (χ1) is 13.7. The van der Waals surface area contributed by atoms with E-state index < -0.39 is 28.8 Å². The van der Waals surface area contributed by atoms with E-state index in [9.17, 15) is 27.2 Å². The van der Waals surface area contributed by atoms with E-state index in [0.717, 1.165) is 19.4 Å². The zero-order valence-corrected chi connectivity index (χ0v) is 16.3. The van der Waals surface area contributed by atoms with Crippen LogP contribution in [0, 0.1) is 11.6 Å². The molecule has 1 aliphatic heterocycles. The molecule has 160 valence electrons. The molecule has 1 aromatic heterocycles. The van der Waals surface area contributed by atoms with Crippen molar-refractivity contribution in [2.45, 2.75) is 38.7 Å². The number of fused-ring (bicyclic) bond motifs is 1. The molecule has 2 N–H and O–H groups in total. The zero-order chi connectivity index (χ0) is 22.2. The maximum Gasteiger partial charge on any atom is 0.322 e. The van der Waals surface area contributed by atoms with Crippen LogP contribution in [0.1, 0.15) is 32.4 Å². The molecule has 0 bridgehead atoms. The molecule has 0 amide bonds. The Bertz CT molecular complexity index is 909. The number of esters is 1. The Morgan fingerprint density at radius 2 is 1.93 bits per heavy atom. The lowest BCUT2D eigenvalue weighted by Gasteiger charge is -2.10. The number of alkyl halides is 2. The van der Waals surface area contributed by atoms with Crippen LogP contribution in [0.5, 0.6) is 0 Å². The Morgan fingerprint density at radius 3 is 2.45 bits per heavy atom. The monoisotopic (exact) mass is 417 g/mol. The van der Waals surface area contributed by atoms with Crippen molar-refractivity contribution in [3.8, 4) is 0 Å². The summed E-state index contributed by atoms with van der Waals surface area (Å²) in [6.07, 6.45) is 2.25. The first-order valence-corrected chi connectivity index (χ1v) is 8.91. The summed E-state index contributed by atoms with van der Waals surface area (Å²) in [5, 5.41) is 3.03. The van der Waals surface area contributed by atoms with Gasteiger partial charge in [0, 0.05) is 12.1 Å². The second kappa shape index (κ2) is 10.7. The number of aromatic nitrogens is 2. The van der Waals surface area contributed by atoms with Crippen LogP contribution in [0.2, 0.25) is 0 Å². The van der Waals surface area contributed by atoms with Gasteiger partial charge in [-0.05, 0) is 25.5 Å². The Kier molecular flexibility index (Phi) is 8.96. The fraction of sp³-hybridized carbons (Fsp3) is 0.421. The third-order valence-electron chi connectivity index (χ3n) is 3.85. The van der Waals surface area contributed by atoms with Gasteiger partial charge in [-0.1, -0.05) is 20.4 Å². The van der Waals surface area contributed by atoms with Crippen molar-refractivity contribution in [3.63, 3.8) is 0 Å². The number of hydrogen-bond acceptors (Lipinski definition) is 5. The molecule has 0 aliphatic carbocycles. The highest BCUT2D eigenvalue weighted by Crippen LogP contribution is 2.25. The smallest absolute Gasteiger partial charge is 0.322 e. The zero-order valence-electron chi connectivity index (χ0n) is 16.3. The van der Waals surface area contributed by atoms with Crippen LogP contribution in [-0.2, 0) is 15.5 Å². The molecule has 6 nitrogen and oxygen atoms in total. The lowest BCUT2D eigenvalue weighted by atomic mass is 10.2. The maximum absolute atomic E-state index is 13.3. The highest BCUT2D eigenvalue weighted by atomic mass is 19.3. The fourth-order valence-electron chi connectivity index (χ4n) is 2.43. The molecule has 29 heavy (non-hydrogen) atoms. The van der Waals surface area contributed by atoms with Crippen LogP contribution in [-0.4, -0.2) is 35.6 Å². The van der Waals surface area contributed by atoms with E-state index in [1.54, 1.807) is 0 Å². The van der Waals surface area contributed by atoms with Crippen molar-refractivity contribution < 1.29 is 27.1 Å². The average Bonchev–Trinajstić information content (AvgIpc) is 3.25. The minimum Gasteiger partial charge on any atom is -0.468 e. The second-order valence-electron chi connectivity index (χ2n) is 5.70. The summed E-state index contributed by atoms with van der Waals surface area (Å²) < 4.78 is 56.9. The van der Waals surface area contributed by atoms with Crippen molar-refractivity contribution in [2.24, 2.45) is 0 Å². The van der Waals surface area contributed by atoms with Gasteiger partial charge in [0.15, 0.2) is 17.3 Å². The van der Waals surface area contributed by atoms with Crippen LogP contribution in [0.15, 0.2) is 29.6 Å². The van der Waals surface area contributed by atoms with Crippen molar-refractivity contribution in [1.29, 1.82) is 0 Å². The Balaban J connectivity index is 0.000000321. The first kappa shape index (κ1) is 24.3. The summed E-state index contributed by atoms with van der Waals surface area (Å²) in [7, 11) is 1.42. The number of hydrogen-bond donors (Lipinski definition) is 2. The predicted octanol–water partition coefficient (Wildman–Crippen LogP) is 3.42. The highest BCUT2D eigenvalue weighted by Gasteiger charge is 2.33. The Morgan fingerprint density at radius 1 is 1.31 bits per heavy atom. The quantitative estimate of drug-likeness (QED) is 0.454. The number of allylic oxidation sites excluding steroid dienone is 1. The minimum atomic E-state index is -3.65. The van der Waals surface area contributed by atoms with Gasteiger partial charge >= 0.3 is 11.9 Å². The van der Waals surface area contributed by atoms with Gasteiger partial charge in [0.2, 0.25) is 0 Å². The summed E-state index contributed by atoms with van der Waals surface area (Å²) in [5.74, 6) is -6.22. The number of benzene rings is 1. The third-order valence-corrected chi connectivity index (χ3v) is 3.85. The van der Waals surface area contributed by atoms with E-state index in [0.29, 0.717) is 12.1 Å². The van der Waals surface area contributed by atoms with Crippen LogP contribution in [0.3, 0.4) is 0 Å². The van der Waals surface area contributed by atoms with Gasteiger partial charge < -0.3 is 15.0 Å². The first-order valence-electron chi connectivity index (χ1n) is 8.91. The molecule has 10 heteroatoms. The molecule has 1 fully saturated rings. The topological polar surface area (TPSA) is 84.1 Å². The van der Waals surface area contributed by atoms with Crippen molar-refractivity contribution in [3.05, 3.63) is 52.5 Å². The van der Waals surface area contributed by atoms with E-state index in [4.69, 9.17) is 0 Å². The highest BCUT2D eigenvalue weighted by molar-refractivity contribution is 5.76. The van der Waals surface area contributed by atoms with Crippen molar-refractivity contribution in [1.82, 2.24) is 15.3 Å². The molecule has 3 rings (SSSR count). The van der Waals surface area contributed by atoms with Crippen molar-refractivity contribution >= 4 is 17.0 Å². The molecular formula is C19H23F4N3O3. The van der Waals surface area contributed by atoms with E-state index >= 15 is 0 Å². The summed E-state index contributed by atoms with van der Waals surface area (Å²) in [6.45, 7) is 7.83. The number of nitrogens with zero attached hydrogens (tertiary/aromatic N) is 1. The summed E-state index contributed by atoms with van der Waals surface area (Å²) >= 11 is 0. The van der Waals surface area contributed by atoms with Crippen LogP contribution >= 0.6 is 0 Å². The van der Waals surface area contributed by atoms with E-state index in [1.807, 2.05) is 18.8 Å². The van der Waals surface area contributed by atoms with Gasteiger partial charge in [-0.2, -0.15) is 8.78 Å². The number of ether oxygens (including phenoxy) is 1. The molecule has 1 aliphatic rings. The Labute approximate surface area is 165 Å². The van der Waals surface area contributed by atoms with Gasteiger partial charge in [-0.25, -0.2) is 13.8 Å². The van der Waals surface area contributed by atoms with Crippen LogP contribution in [0.4, 0.5) is 17.6 Å². The number of carbonyl (C=O) groups is 1. The number of nitrogens with one attached hydrogen (secondary N) is 2. The third kappa shape index (κ3) is 6.11. The lowest BCUT2D eigenvalue weighted by molar-refractivity contribution is -0.142. The lowest BCUT2D eigenvalue weighted by Crippen LogP contribution is -2.31. The number of rotatable bonds is 3. The SMILES string of the molecule is C=CC(F)(F)c1nc2cc(F)c(F)cc2[nH]c1=O.CC.COC(=O)C1CCCN1. The summed E-state index contributed by atoms with van der Waals surface area (Å²) in [4.78, 5) is 27.5. The van der Waals surface area contributed by atoms with E-state index in [-0.39, 0.29) is 29.1 Å². The number of H-pyrrole nitrogens is 1. The largest absolute Gasteiger partial charge is 0.468 e. The molecule has 1 unspecified atom stereocenters. The molecule has 1 saturated heterocycles. The molecule has 0 spiro atoms. The van der Waals surface area contributed by atoms with Gasteiger partial charge in [-0.3, -0.25) is 9.59 Å². The number of methoxy groups -OCH3 is 1. The summed E-state index contributed by atoms with van der Waals surface area (Å²) in [5.41, 5.74) is -2.73. The average molecular weight is 417 g/mol. The molecule has 0 radical (unpaired) electrons. The predicted molar refractivity (Wildman–Crippen MR) is 101 cm³/mol. The van der Waals surface area contributed by atoms with Gasteiger partial charge in [-0.15, -0.1) is 0 Å². The van der Waals surface area contributed by atoms with E-state index in [2.05, 4.69) is 21.6 Å². The number of halogens is 4. The maximum atomic E-state index is 13.3. The molecule has 2 heterocycles. The minimum absolute atomic E-state index is 0.0324. The van der Waals surface area contributed by atoms with Gasteiger partial charge in [0.1, 0.15) is 6.04 Å². The molecule has 1 aromatic carbocycles. The second-order valence-corrected chi connectivity index (χ2v) is 5.70. The number of aromatic amines is 1. The molecular weight excluding hydrogens is 394 g/mol. The molecule has 1 atom stereocenters. The molecule has 2 aromatic rings. The fourth-order valence-corrected chi connectivity index (χ4v) is 2.43. The van der Waals surface area contributed by atoms with Gasteiger partial charge in [0.05, 0.1) is 18.1 Å². The van der Waals surface area contributed by atoms with Gasteiger partial charge in [0.25, 0.3) is 5.56 Å². The molecule has 0 saturated carbocycles. The standard InChI is InChI=1S/C11H6F4N2O.C6H11NO2.C2H6/c1-2-11(14,15)9-10(18)17-8-4-6(13)5(12)3-7(8)16-9;1-9-6(8)5-3-2-4-7-5;1-2/h2-4H,1H2,(H,17,18);5,7H,2-4H2,1H3;1-2H3. The summed E-state index contributed by atoms with van der Waals surface area (Å²) in [6, 6.07) is 1.27. The van der Waals surface area contributed by atoms with Crippen molar-refractivity contribution in [2.75, 3.05) is 13.7 Å². The van der Waals surface area contributed by atoms with Crippen LogP contribution in [0.25, 0.3) is 11.0 Å². The van der Waals surface area contributed by atoms with E-state index in [1.165, 1.54) is 7.11 Å². The number of carbonyl (C=O) groups excluding carboxylic acids is 1. The van der Waals surface area contributed by atoms with Crippen LogP contribution < -0.4 is 10.9 Å². The Hall–Kier alpha value is -2.75.